The maximum absolute atomic E-state index is 12.5. The van der Waals surface area contributed by atoms with E-state index in [-0.39, 0.29) is 5.91 Å². The number of para-hydroxylation sites is 3. The van der Waals surface area contributed by atoms with Crippen molar-refractivity contribution in [3.63, 3.8) is 0 Å². The molecule has 2 heterocycles. The molecule has 0 aliphatic carbocycles. The van der Waals surface area contributed by atoms with Gasteiger partial charge in [-0.2, -0.15) is 0 Å². The topological polar surface area (TPSA) is 58.2 Å². The van der Waals surface area contributed by atoms with Crippen LogP contribution in [0.1, 0.15) is 31.5 Å². The van der Waals surface area contributed by atoms with Crippen LogP contribution in [0.25, 0.3) is 11.0 Å². The van der Waals surface area contributed by atoms with E-state index >= 15 is 0 Å². The average Bonchev–Trinajstić information content (AvgIpc) is 3.35. The van der Waals surface area contributed by atoms with Gasteiger partial charge in [0.25, 0.3) is 0 Å². The van der Waals surface area contributed by atoms with Crippen molar-refractivity contribution in [2.24, 2.45) is 5.92 Å². The normalized spacial score (nSPS) is 16.6. The van der Waals surface area contributed by atoms with Gasteiger partial charge in [0.2, 0.25) is 5.91 Å². The number of imidazole rings is 1. The molecule has 28 heavy (non-hydrogen) atoms. The molecule has 0 spiro atoms. The predicted molar refractivity (Wildman–Crippen MR) is 110 cm³/mol. The van der Waals surface area contributed by atoms with Gasteiger partial charge >= 0.3 is 0 Å². The summed E-state index contributed by atoms with van der Waals surface area (Å²) in [4.78, 5) is 22.4. The highest BCUT2D eigenvalue weighted by Gasteiger charge is 2.25. The quantitative estimate of drug-likeness (QED) is 0.640. The molecule has 4 rings (SSSR count). The van der Waals surface area contributed by atoms with Crippen LogP contribution in [-0.2, 0) is 11.2 Å². The smallest absolute Gasteiger partial charge is 0.222 e. The Balaban J connectivity index is 1.16. The van der Waals surface area contributed by atoms with Crippen LogP contribution in [0.15, 0.2) is 54.6 Å². The molecule has 3 aromatic rings. The Morgan fingerprint density at radius 2 is 1.96 bits per heavy atom. The molecule has 5 nitrogen and oxygen atoms in total. The zero-order chi connectivity index (χ0) is 19.2. The standard InChI is InChI=1S/C23H27N3O2/c27-23(12-6-11-22-24-20-9-4-5-10-21(20)25-22)26-15-13-18(17-26)14-16-28-19-7-2-1-3-8-19/h1-5,7-10,18H,6,11-17H2,(H,24,25). The predicted octanol–water partition coefficient (Wildman–Crippen LogP) is 4.20. The lowest BCUT2D eigenvalue weighted by Crippen LogP contribution is -2.28. The third kappa shape index (κ3) is 4.71. The van der Waals surface area contributed by atoms with Crippen molar-refractivity contribution in [2.75, 3.05) is 19.7 Å². The first-order valence-corrected chi connectivity index (χ1v) is 10.2. The van der Waals surface area contributed by atoms with Crippen molar-refractivity contribution in [1.29, 1.82) is 0 Å². The Labute approximate surface area is 165 Å². The number of benzene rings is 2. The van der Waals surface area contributed by atoms with Crippen molar-refractivity contribution in [3.8, 4) is 5.75 Å². The number of aromatic nitrogens is 2. The fourth-order valence-corrected chi connectivity index (χ4v) is 3.84. The Hall–Kier alpha value is -2.82. The molecule has 1 aromatic heterocycles. The van der Waals surface area contributed by atoms with Gasteiger partial charge in [0, 0.05) is 25.9 Å². The lowest BCUT2D eigenvalue weighted by Gasteiger charge is -2.16. The van der Waals surface area contributed by atoms with Crippen LogP contribution in [0.4, 0.5) is 0 Å². The molecule has 0 saturated carbocycles. The van der Waals surface area contributed by atoms with Crippen LogP contribution in [0.3, 0.4) is 0 Å². The van der Waals surface area contributed by atoms with Crippen LogP contribution in [0.2, 0.25) is 0 Å². The minimum absolute atomic E-state index is 0.266. The maximum Gasteiger partial charge on any atom is 0.222 e. The molecule has 1 aliphatic rings. The highest BCUT2D eigenvalue weighted by atomic mass is 16.5. The van der Waals surface area contributed by atoms with E-state index in [2.05, 4.69) is 9.97 Å². The third-order valence-corrected chi connectivity index (χ3v) is 5.42. The largest absolute Gasteiger partial charge is 0.494 e. The lowest BCUT2D eigenvalue weighted by molar-refractivity contribution is -0.130. The lowest BCUT2D eigenvalue weighted by atomic mass is 10.1. The van der Waals surface area contributed by atoms with Gasteiger partial charge in [0.1, 0.15) is 11.6 Å². The summed E-state index contributed by atoms with van der Waals surface area (Å²) >= 11 is 0. The number of carbonyl (C=O) groups is 1. The van der Waals surface area contributed by atoms with E-state index in [1.54, 1.807) is 0 Å². The number of hydrogen-bond acceptors (Lipinski definition) is 3. The number of H-pyrrole nitrogens is 1. The van der Waals surface area contributed by atoms with Gasteiger partial charge in [0.05, 0.1) is 17.6 Å². The first-order valence-electron chi connectivity index (χ1n) is 10.2. The van der Waals surface area contributed by atoms with Crippen LogP contribution in [0, 0.1) is 5.92 Å². The highest BCUT2D eigenvalue weighted by molar-refractivity contribution is 5.76. The number of carbonyl (C=O) groups excluding carboxylic acids is 1. The van der Waals surface area contributed by atoms with Crippen LogP contribution in [0.5, 0.6) is 5.75 Å². The van der Waals surface area contributed by atoms with Gasteiger partial charge in [-0.15, -0.1) is 0 Å². The molecule has 1 unspecified atom stereocenters. The Morgan fingerprint density at radius 1 is 1.14 bits per heavy atom. The SMILES string of the molecule is O=C(CCCc1nc2ccccc2[nH]1)N1CCC(CCOc2ccccc2)C1. The summed E-state index contributed by atoms with van der Waals surface area (Å²) in [7, 11) is 0. The molecule has 1 fully saturated rings. The molecule has 1 atom stereocenters. The molecular weight excluding hydrogens is 350 g/mol. The molecule has 5 heteroatoms. The number of rotatable bonds is 8. The second-order valence-corrected chi connectivity index (χ2v) is 7.50. The molecule has 1 amide bonds. The molecule has 2 aromatic carbocycles. The number of ether oxygens (including phenoxy) is 1. The van der Waals surface area contributed by atoms with E-state index in [4.69, 9.17) is 4.74 Å². The second kappa shape index (κ2) is 8.91. The van der Waals surface area contributed by atoms with Crippen molar-refractivity contribution in [3.05, 3.63) is 60.4 Å². The fraction of sp³-hybridized carbons (Fsp3) is 0.391. The van der Waals surface area contributed by atoms with Crippen molar-refractivity contribution in [1.82, 2.24) is 14.9 Å². The van der Waals surface area contributed by atoms with E-state index in [9.17, 15) is 4.79 Å². The minimum Gasteiger partial charge on any atom is -0.494 e. The van der Waals surface area contributed by atoms with E-state index in [0.717, 1.165) is 61.4 Å². The van der Waals surface area contributed by atoms with Crippen LogP contribution < -0.4 is 4.74 Å². The summed E-state index contributed by atoms with van der Waals surface area (Å²) < 4.78 is 5.79. The van der Waals surface area contributed by atoms with E-state index < -0.39 is 0 Å². The van der Waals surface area contributed by atoms with Crippen molar-refractivity contribution < 1.29 is 9.53 Å². The molecule has 0 bridgehead atoms. The number of hydrogen-bond donors (Lipinski definition) is 1. The monoisotopic (exact) mass is 377 g/mol. The van der Waals surface area contributed by atoms with Gasteiger partial charge in [-0.25, -0.2) is 4.98 Å². The third-order valence-electron chi connectivity index (χ3n) is 5.42. The first kappa shape index (κ1) is 18.5. The fourth-order valence-electron chi connectivity index (χ4n) is 3.84. The van der Waals surface area contributed by atoms with E-state index in [0.29, 0.717) is 18.9 Å². The Bertz CT molecular complexity index is 873. The average molecular weight is 377 g/mol. The van der Waals surface area contributed by atoms with Gasteiger partial charge in [-0.05, 0) is 49.4 Å². The minimum atomic E-state index is 0.266. The molecule has 1 aliphatic heterocycles. The van der Waals surface area contributed by atoms with Crippen LogP contribution >= 0.6 is 0 Å². The summed E-state index contributed by atoms with van der Waals surface area (Å²) in [5.74, 6) is 2.69. The maximum atomic E-state index is 12.5. The van der Waals surface area contributed by atoms with E-state index in [1.165, 1.54) is 0 Å². The highest BCUT2D eigenvalue weighted by Crippen LogP contribution is 2.21. The summed E-state index contributed by atoms with van der Waals surface area (Å²) in [5, 5.41) is 0. The summed E-state index contributed by atoms with van der Waals surface area (Å²) in [6, 6.07) is 17.9. The van der Waals surface area contributed by atoms with Gasteiger partial charge < -0.3 is 14.6 Å². The molecule has 1 N–H and O–H groups in total. The number of nitrogens with zero attached hydrogens (tertiary/aromatic N) is 2. The van der Waals surface area contributed by atoms with Gasteiger partial charge in [-0.1, -0.05) is 30.3 Å². The zero-order valence-electron chi connectivity index (χ0n) is 16.1. The summed E-state index contributed by atoms with van der Waals surface area (Å²) in [6.07, 6.45) is 4.30. The molecule has 0 radical (unpaired) electrons. The first-order chi connectivity index (χ1) is 13.8. The number of aryl methyl sites for hydroxylation is 1. The summed E-state index contributed by atoms with van der Waals surface area (Å²) in [6.45, 7) is 2.45. The number of nitrogens with one attached hydrogen (secondary N) is 1. The molecular formula is C23H27N3O2. The summed E-state index contributed by atoms with van der Waals surface area (Å²) in [5.41, 5.74) is 2.05. The number of likely N-dealkylation sites (tertiary alicyclic amines) is 1. The zero-order valence-corrected chi connectivity index (χ0v) is 16.1. The van der Waals surface area contributed by atoms with Crippen LogP contribution in [-0.4, -0.2) is 40.5 Å². The Morgan fingerprint density at radius 3 is 2.82 bits per heavy atom. The van der Waals surface area contributed by atoms with Crippen molar-refractivity contribution >= 4 is 16.9 Å². The molecule has 146 valence electrons. The Kier molecular flexibility index (Phi) is 5.90. The van der Waals surface area contributed by atoms with Gasteiger partial charge in [0.15, 0.2) is 0 Å². The second-order valence-electron chi connectivity index (χ2n) is 7.50. The number of amides is 1. The molecule has 1 saturated heterocycles. The number of fused-ring (bicyclic) bond motifs is 1. The van der Waals surface area contributed by atoms with Crippen molar-refractivity contribution in [2.45, 2.75) is 32.1 Å². The van der Waals surface area contributed by atoms with Gasteiger partial charge in [-0.3, -0.25) is 4.79 Å². The van der Waals surface area contributed by atoms with E-state index in [1.807, 2.05) is 59.5 Å². The number of aromatic amines is 1.